The maximum absolute atomic E-state index is 11.7. The van der Waals surface area contributed by atoms with Crippen LogP contribution in [0.5, 0.6) is 0 Å². The molecule has 0 fully saturated rings. The molecule has 0 aliphatic heterocycles. The van der Waals surface area contributed by atoms with Crippen LogP contribution in [0.1, 0.15) is 11.1 Å². The number of rotatable bonds is 4. The Hall–Kier alpha value is -2.00. The van der Waals surface area contributed by atoms with E-state index in [0.29, 0.717) is 11.6 Å². The van der Waals surface area contributed by atoms with Crippen molar-refractivity contribution in [2.24, 2.45) is 0 Å². The first-order valence-corrected chi connectivity index (χ1v) is 6.87. The second kappa shape index (κ2) is 6.96. The molecule has 2 N–H and O–H groups in total. The summed E-state index contributed by atoms with van der Waals surface area (Å²) in [5, 5.41) is 6.34. The lowest BCUT2D eigenvalue weighted by Crippen LogP contribution is -2.30. The van der Waals surface area contributed by atoms with Crippen molar-refractivity contribution < 1.29 is 4.79 Å². The van der Waals surface area contributed by atoms with E-state index in [1.54, 1.807) is 0 Å². The molecular weight excluding hydrogens is 272 g/mol. The second-order valence-corrected chi connectivity index (χ2v) is 5.07. The lowest BCUT2D eigenvalue weighted by atomic mass is 10.1. The third kappa shape index (κ3) is 4.59. The number of carbonyl (C=O) groups excluding carboxylic acids is 1. The molecular formula is C16H17ClN2O. The first kappa shape index (κ1) is 14.4. The van der Waals surface area contributed by atoms with Crippen LogP contribution < -0.4 is 10.6 Å². The molecule has 0 unspecified atom stereocenters. The zero-order valence-corrected chi connectivity index (χ0v) is 12.1. The fraction of sp³-hybridized carbons (Fsp3) is 0.188. The first-order chi connectivity index (χ1) is 9.63. The largest absolute Gasteiger partial charge is 0.338 e. The first-order valence-electron chi connectivity index (χ1n) is 6.49. The minimum atomic E-state index is -0.197. The topological polar surface area (TPSA) is 41.1 Å². The molecule has 2 aromatic rings. The number of hydrogen-bond acceptors (Lipinski definition) is 1. The summed E-state index contributed by atoms with van der Waals surface area (Å²) in [6.07, 6.45) is 0.752. The molecule has 0 aliphatic carbocycles. The second-order valence-electron chi connectivity index (χ2n) is 4.63. The maximum atomic E-state index is 11.7. The van der Waals surface area contributed by atoms with Crippen molar-refractivity contribution in [3.05, 3.63) is 64.7 Å². The average Bonchev–Trinajstić information content (AvgIpc) is 2.38. The number of urea groups is 1. The molecule has 0 saturated heterocycles. The smallest absolute Gasteiger partial charge is 0.319 e. The summed E-state index contributed by atoms with van der Waals surface area (Å²) < 4.78 is 0. The Morgan fingerprint density at radius 2 is 1.95 bits per heavy atom. The number of amides is 2. The van der Waals surface area contributed by atoms with Gasteiger partial charge >= 0.3 is 6.03 Å². The van der Waals surface area contributed by atoms with Gasteiger partial charge in [0.15, 0.2) is 0 Å². The van der Waals surface area contributed by atoms with Gasteiger partial charge in [-0.2, -0.15) is 0 Å². The predicted molar refractivity (Wildman–Crippen MR) is 83.4 cm³/mol. The third-order valence-electron chi connectivity index (χ3n) is 2.86. The Balaban J connectivity index is 1.78. The summed E-state index contributed by atoms with van der Waals surface area (Å²) in [6, 6.07) is 15.1. The van der Waals surface area contributed by atoms with Gasteiger partial charge in [0.05, 0.1) is 0 Å². The molecule has 2 aromatic carbocycles. The van der Waals surface area contributed by atoms with E-state index in [9.17, 15) is 4.79 Å². The normalized spacial score (nSPS) is 10.1. The molecule has 0 radical (unpaired) electrons. The van der Waals surface area contributed by atoms with E-state index in [1.165, 1.54) is 0 Å². The van der Waals surface area contributed by atoms with Crippen LogP contribution in [-0.4, -0.2) is 12.6 Å². The Morgan fingerprint density at radius 3 is 2.70 bits per heavy atom. The molecule has 4 heteroatoms. The number of benzene rings is 2. The average molecular weight is 289 g/mol. The van der Waals surface area contributed by atoms with Crippen molar-refractivity contribution in [2.75, 3.05) is 11.9 Å². The van der Waals surface area contributed by atoms with Crippen molar-refractivity contribution in [1.82, 2.24) is 5.32 Å². The van der Waals surface area contributed by atoms with Crippen molar-refractivity contribution in [3.8, 4) is 0 Å². The molecule has 2 amide bonds. The van der Waals surface area contributed by atoms with Crippen molar-refractivity contribution in [2.45, 2.75) is 13.3 Å². The Bertz CT molecular complexity index is 599. The quantitative estimate of drug-likeness (QED) is 0.877. The van der Waals surface area contributed by atoms with Crippen LogP contribution in [0.3, 0.4) is 0 Å². The number of hydrogen-bond donors (Lipinski definition) is 2. The van der Waals surface area contributed by atoms with Crippen LogP contribution >= 0.6 is 11.6 Å². The van der Waals surface area contributed by atoms with Gasteiger partial charge in [-0.25, -0.2) is 4.79 Å². The fourth-order valence-electron chi connectivity index (χ4n) is 1.91. The van der Waals surface area contributed by atoms with Gasteiger partial charge < -0.3 is 10.6 Å². The Kier molecular flexibility index (Phi) is 5.02. The monoisotopic (exact) mass is 288 g/mol. The number of carbonyl (C=O) groups is 1. The zero-order valence-electron chi connectivity index (χ0n) is 11.3. The third-order valence-corrected chi connectivity index (χ3v) is 3.10. The molecule has 0 heterocycles. The molecule has 0 aromatic heterocycles. The van der Waals surface area contributed by atoms with Gasteiger partial charge in [0.1, 0.15) is 0 Å². The molecule has 0 atom stereocenters. The highest BCUT2D eigenvalue weighted by molar-refractivity contribution is 6.30. The summed E-state index contributed by atoms with van der Waals surface area (Å²) in [5.41, 5.74) is 3.01. The van der Waals surface area contributed by atoms with Gasteiger partial charge in [-0.3, -0.25) is 0 Å². The van der Waals surface area contributed by atoms with E-state index in [4.69, 9.17) is 11.6 Å². The Morgan fingerprint density at radius 1 is 1.15 bits per heavy atom. The minimum Gasteiger partial charge on any atom is -0.338 e. The summed E-state index contributed by atoms with van der Waals surface area (Å²) >= 11 is 5.91. The SMILES string of the molecule is Cc1cccc(NC(=O)NCCc2cccc(Cl)c2)c1. The molecule has 3 nitrogen and oxygen atoms in total. The van der Waals surface area contributed by atoms with Crippen LogP contribution in [-0.2, 0) is 6.42 Å². The highest BCUT2D eigenvalue weighted by atomic mass is 35.5. The van der Waals surface area contributed by atoms with Gasteiger partial charge in [-0.15, -0.1) is 0 Å². The number of halogens is 1. The number of aryl methyl sites for hydroxylation is 1. The molecule has 2 rings (SSSR count). The minimum absolute atomic E-state index is 0.197. The van der Waals surface area contributed by atoms with Gasteiger partial charge in [0, 0.05) is 17.3 Å². The van der Waals surface area contributed by atoms with E-state index in [2.05, 4.69) is 10.6 Å². The highest BCUT2D eigenvalue weighted by Gasteiger charge is 2.01. The molecule has 0 bridgehead atoms. The highest BCUT2D eigenvalue weighted by Crippen LogP contribution is 2.11. The lowest BCUT2D eigenvalue weighted by molar-refractivity contribution is 0.252. The van der Waals surface area contributed by atoms with Gasteiger partial charge in [0.2, 0.25) is 0 Å². The summed E-state index contributed by atoms with van der Waals surface area (Å²) in [4.78, 5) is 11.7. The molecule has 104 valence electrons. The van der Waals surface area contributed by atoms with E-state index >= 15 is 0 Å². The predicted octanol–water partition coefficient (Wildman–Crippen LogP) is 4.01. The standard InChI is InChI=1S/C16H17ClN2O/c1-12-4-2-7-15(10-12)19-16(20)18-9-8-13-5-3-6-14(17)11-13/h2-7,10-11H,8-9H2,1H3,(H2,18,19,20). The van der Waals surface area contributed by atoms with Crippen molar-refractivity contribution >= 4 is 23.3 Å². The lowest BCUT2D eigenvalue weighted by Gasteiger charge is -2.08. The number of nitrogens with one attached hydrogen (secondary N) is 2. The van der Waals surface area contributed by atoms with E-state index in [0.717, 1.165) is 23.2 Å². The Labute approximate surface area is 124 Å². The van der Waals surface area contributed by atoms with Gasteiger partial charge in [-0.05, 0) is 48.7 Å². The van der Waals surface area contributed by atoms with Gasteiger partial charge in [0.25, 0.3) is 0 Å². The van der Waals surface area contributed by atoms with E-state index in [1.807, 2.05) is 55.5 Å². The maximum Gasteiger partial charge on any atom is 0.319 e. The molecule has 0 saturated carbocycles. The van der Waals surface area contributed by atoms with Crippen LogP contribution in [0.25, 0.3) is 0 Å². The van der Waals surface area contributed by atoms with Crippen LogP contribution in [0.4, 0.5) is 10.5 Å². The molecule has 0 aliphatic rings. The van der Waals surface area contributed by atoms with Crippen LogP contribution in [0.2, 0.25) is 5.02 Å². The van der Waals surface area contributed by atoms with Crippen molar-refractivity contribution in [1.29, 1.82) is 0 Å². The fourth-order valence-corrected chi connectivity index (χ4v) is 2.12. The molecule has 20 heavy (non-hydrogen) atoms. The number of anilines is 1. The summed E-state index contributed by atoms with van der Waals surface area (Å²) in [5.74, 6) is 0. The van der Waals surface area contributed by atoms with Crippen molar-refractivity contribution in [3.63, 3.8) is 0 Å². The van der Waals surface area contributed by atoms with Crippen LogP contribution in [0, 0.1) is 6.92 Å². The zero-order chi connectivity index (χ0) is 14.4. The van der Waals surface area contributed by atoms with E-state index < -0.39 is 0 Å². The van der Waals surface area contributed by atoms with E-state index in [-0.39, 0.29) is 6.03 Å². The summed E-state index contributed by atoms with van der Waals surface area (Å²) in [6.45, 7) is 2.56. The molecule has 0 spiro atoms. The summed E-state index contributed by atoms with van der Waals surface area (Å²) in [7, 11) is 0. The van der Waals surface area contributed by atoms with Gasteiger partial charge in [-0.1, -0.05) is 35.9 Å². The van der Waals surface area contributed by atoms with Crippen LogP contribution in [0.15, 0.2) is 48.5 Å².